The third-order valence-electron chi connectivity index (χ3n) is 2.39. The number of nitrogens with zero attached hydrogens (tertiary/aromatic N) is 2. The van der Waals surface area contributed by atoms with Gasteiger partial charge in [-0.15, -0.1) is 0 Å². The van der Waals surface area contributed by atoms with Crippen molar-refractivity contribution in [1.29, 1.82) is 0 Å². The summed E-state index contributed by atoms with van der Waals surface area (Å²) in [5.74, 6) is 0. The number of hydrazone groups is 1. The molecule has 1 aromatic heterocycles. The number of aromatic nitrogens is 1. The molecule has 2 aromatic rings. The first-order valence-corrected chi connectivity index (χ1v) is 14.6. The van der Waals surface area contributed by atoms with Crippen molar-refractivity contribution in [3.05, 3.63) is 60.4 Å². The van der Waals surface area contributed by atoms with Crippen LogP contribution in [0.5, 0.6) is 0 Å². The Morgan fingerprint density at radius 2 is 1.77 bits per heavy atom. The van der Waals surface area contributed by atoms with E-state index in [1.807, 2.05) is 55.5 Å². The number of anilines is 1. The van der Waals surface area contributed by atoms with Crippen LogP contribution < -0.4 is 10.7 Å². The molecule has 8 heteroatoms. The van der Waals surface area contributed by atoms with Gasteiger partial charge in [0, 0.05) is 11.9 Å². The number of rotatable bonds is 3. The minimum absolute atomic E-state index is 0.446. The van der Waals surface area contributed by atoms with Gasteiger partial charge in [0.1, 0.15) is 0 Å². The van der Waals surface area contributed by atoms with Crippen LogP contribution in [0.4, 0.5) is 5.69 Å². The molecule has 0 unspecified atom stereocenters. The Hall–Kier alpha value is -1.07. The first-order chi connectivity index (χ1) is 10.7. The van der Waals surface area contributed by atoms with Gasteiger partial charge in [-0.25, -0.2) is 0 Å². The number of thiocarbonyl (C=S) groups is 1. The van der Waals surface area contributed by atoms with E-state index in [2.05, 4.69) is 20.8 Å². The van der Waals surface area contributed by atoms with Gasteiger partial charge >= 0.3 is 34.5 Å². The number of hydrogen-bond donors (Lipinski definition) is 2. The second kappa shape index (κ2) is 11.5. The second-order valence-electron chi connectivity index (χ2n) is 3.95. The van der Waals surface area contributed by atoms with Gasteiger partial charge in [0.05, 0.1) is 11.4 Å². The molecule has 0 aliphatic rings. The summed E-state index contributed by atoms with van der Waals surface area (Å²) in [4.78, 5) is 4.21. The molecule has 112 valence electrons. The second-order valence-corrected chi connectivity index (χ2v) is 8.98. The van der Waals surface area contributed by atoms with Crippen LogP contribution in [0.1, 0.15) is 12.6 Å². The van der Waals surface area contributed by atoms with Crippen molar-refractivity contribution >= 4 is 48.1 Å². The van der Waals surface area contributed by atoms with Crippen LogP contribution in [0.15, 0.2) is 59.8 Å². The fourth-order valence-electron chi connectivity index (χ4n) is 1.45. The van der Waals surface area contributed by atoms with Gasteiger partial charge in [-0.3, -0.25) is 10.4 Å². The van der Waals surface area contributed by atoms with Crippen molar-refractivity contribution < 1.29 is 15.1 Å². The normalized spacial score (nSPS) is 9.86. The first kappa shape index (κ1) is 19.0. The van der Waals surface area contributed by atoms with Crippen LogP contribution >= 0.6 is 31.6 Å². The average Bonchev–Trinajstić information content (AvgIpc) is 2.55. The zero-order chi connectivity index (χ0) is 16.2. The summed E-state index contributed by atoms with van der Waals surface area (Å²) >= 11 is 4.22. The van der Waals surface area contributed by atoms with E-state index in [9.17, 15) is 0 Å². The molecule has 2 N–H and O–H groups in total. The maximum absolute atomic E-state index is 5.15. The van der Waals surface area contributed by atoms with Crippen LogP contribution in [-0.2, 0) is 15.1 Å². The summed E-state index contributed by atoms with van der Waals surface area (Å²) in [6.45, 7) is 1.88. The van der Waals surface area contributed by atoms with Gasteiger partial charge < -0.3 is 5.32 Å². The van der Waals surface area contributed by atoms with Crippen molar-refractivity contribution in [1.82, 2.24) is 10.4 Å². The molecule has 0 radical (unpaired) electrons. The zero-order valence-electron chi connectivity index (χ0n) is 12.0. The van der Waals surface area contributed by atoms with Crippen LogP contribution in [0.25, 0.3) is 0 Å². The van der Waals surface area contributed by atoms with Crippen LogP contribution in [0.3, 0.4) is 0 Å². The van der Waals surface area contributed by atoms with Gasteiger partial charge in [-0.2, -0.15) is 5.10 Å². The van der Waals surface area contributed by atoms with E-state index in [0.29, 0.717) is 5.11 Å². The van der Waals surface area contributed by atoms with Gasteiger partial charge in [0.2, 0.25) is 0 Å². The Balaban J connectivity index is 0.000000745. The number of halogens is 2. The molecule has 0 fully saturated rings. The average molecular weight is 407 g/mol. The molecule has 0 aliphatic heterocycles. The molecule has 0 aliphatic carbocycles. The number of pyridine rings is 1. The standard InChI is InChI=1S/C14H14N4S.2ClH.Zn/c1-11(13-9-5-6-10-15-13)17-18-14(19)16-12-7-3-2-4-8-12;;;/h2-10H,1H3,(H2,16,18,19);2*1H;/q;;;+2/p-2. The number of benzene rings is 1. The molecule has 0 bridgehead atoms. The van der Waals surface area contributed by atoms with Crippen LogP contribution in [0.2, 0.25) is 0 Å². The molecule has 22 heavy (non-hydrogen) atoms. The summed E-state index contributed by atoms with van der Waals surface area (Å²) in [7, 11) is 9.90. The molecule has 1 aromatic carbocycles. The van der Waals surface area contributed by atoms with Crippen molar-refractivity contribution in [2.45, 2.75) is 6.92 Å². The van der Waals surface area contributed by atoms with Crippen molar-refractivity contribution in [2.75, 3.05) is 5.32 Å². The van der Waals surface area contributed by atoms with Gasteiger partial charge in [-0.05, 0) is 43.4 Å². The number of para-hydroxylation sites is 1. The third kappa shape index (κ3) is 7.80. The van der Waals surface area contributed by atoms with E-state index in [0.717, 1.165) is 17.1 Å². The van der Waals surface area contributed by atoms with Crippen LogP contribution in [-0.4, -0.2) is 15.8 Å². The number of hydrogen-bond acceptors (Lipinski definition) is 3. The first-order valence-electron chi connectivity index (χ1n) is 6.37. The molecule has 4 nitrogen and oxygen atoms in total. The summed E-state index contributed by atoms with van der Waals surface area (Å²) in [5, 5.41) is 7.68. The Bertz CT molecular complexity index is 596. The minimum atomic E-state index is -0.931. The molecular weight excluding hydrogens is 393 g/mol. The third-order valence-corrected chi connectivity index (χ3v) is 2.59. The maximum atomic E-state index is 5.15. The fraction of sp³-hybridized carbons (Fsp3) is 0.0714. The molecular formula is C14H14Cl2N4SZn. The topological polar surface area (TPSA) is 49.3 Å². The summed E-state index contributed by atoms with van der Waals surface area (Å²) < 4.78 is 0. The van der Waals surface area contributed by atoms with Gasteiger partial charge in [-0.1, -0.05) is 24.3 Å². The van der Waals surface area contributed by atoms with Crippen molar-refractivity contribution in [2.24, 2.45) is 5.10 Å². The predicted octanol–water partition coefficient (Wildman–Crippen LogP) is 4.17. The van der Waals surface area contributed by atoms with Gasteiger partial charge in [0.25, 0.3) is 0 Å². The SMILES string of the molecule is CC(=NNC(=S)Nc1ccccc1)c1ccccn1.[Cl][Zn][Cl]. The van der Waals surface area contributed by atoms with E-state index in [1.165, 1.54) is 0 Å². The molecule has 0 spiro atoms. The summed E-state index contributed by atoms with van der Waals surface area (Å²) in [6, 6.07) is 15.4. The van der Waals surface area contributed by atoms with Crippen molar-refractivity contribution in [3.8, 4) is 0 Å². The molecule has 0 amide bonds. The van der Waals surface area contributed by atoms with E-state index in [-0.39, 0.29) is 0 Å². The molecule has 2 rings (SSSR count). The summed E-state index contributed by atoms with van der Waals surface area (Å²) in [6.07, 6.45) is 1.73. The molecule has 0 atom stereocenters. The molecule has 1 heterocycles. The Kier molecular flexibility index (Phi) is 9.92. The predicted molar refractivity (Wildman–Crippen MR) is 94.0 cm³/mol. The fourth-order valence-corrected chi connectivity index (χ4v) is 1.61. The monoisotopic (exact) mass is 404 g/mol. The molecule has 0 saturated heterocycles. The zero-order valence-corrected chi connectivity index (χ0v) is 17.3. The van der Waals surface area contributed by atoms with Gasteiger partial charge in [0.15, 0.2) is 5.11 Å². The van der Waals surface area contributed by atoms with E-state index in [1.54, 1.807) is 6.20 Å². The van der Waals surface area contributed by atoms with Crippen LogP contribution in [0, 0.1) is 0 Å². The Morgan fingerprint density at radius 3 is 2.36 bits per heavy atom. The summed E-state index contributed by atoms with van der Waals surface area (Å²) in [5.41, 5.74) is 5.31. The quantitative estimate of drug-likeness (QED) is 0.348. The van der Waals surface area contributed by atoms with E-state index < -0.39 is 15.1 Å². The Morgan fingerprint density at radius 1 is 1.14 bits per heavy atom. The van der Waals surface area contributed by atoms with E-state index in [4.69, 9.17) is 31.6 Å². The van der Waals surface area contributed by atoms with E-state index >= 15 is 0 Å². The number of nitrogens with one attached hydrogen (secondary N) is 2. The van der Waals surface area contributed by atoms with Crippen molar-refractivity contribution in [3.63, 3.8) is 0 Å². The Labute approximate surface area is 151 Å². The molecule has 0 saturated carbocycles.